The summed E-state index contributed by atoms with van der Waals surface area (Å²) >= 11 is 0. The lowest BCUT2D eigenvalue weighted by Gasteiger charge is -2.35. The molecule has 2 atom stereocenters. The fourth-order valence-corrected chi connectivity index (χ4v) is 4.46. The standard InChI is InChI=1S/C20H33NOSi/c1-18(2,3)17(22)16-12-15(10-11-23(7,8)9)20(6)13-19(4,5)14-21(16)20/h12,15H,13-14H2,1-9H3. The van der Waals surface area contributed by atoms with Gasteiger partial charge in [-0.2, -0.15) is 0 Å². The molecule has 2 rings (SSSR count). The number of ketones is 1. The summed E-state index contributed by atoms with van der Waals surface area (Å²) in [6.45, 7) is 20.7. The third-order valence-electron chi connectivity index (χ3n) is 4.84. The molecule has 1 saturated heterocycles. The minimum absolute atomic E-state index is 0.0353. The summed E-state index contributed by atoms with van der Waals surface area (Å²) in [5, 5.41) is 0. The van der Waals surface area contributed by atoms with Crippen LogP contribution in [0.25, 0.3) is 0 Å². The highest BCUT2D eigenvalue weighted by Crippen LogP contribution is 2.52. The topological polar surface area (TPSA) is 20.3 Å². The van der Waals surface area contributed by atoms with Gasteiger partial charge in [0, 0.05) is 12.0 Å². The van der Waals surface area contributed by atoms with Crippen LogP contribution in [0.1, 0.15) is 48.0 Å². The van der Waals surface area contributed by atoms with Gasteiger partial charge in [-0.05, 0) is 24.8 Å². The second kappa shape index (κ2) is 5.24. The summed E-state index contributed by atoms with van der Waals surface area (Å²) < 4.78 is 0. The highest BCUT2D eigenvalue weighted by Gasteiger charge is 2.55. The second-order valence-corrected chi connectivity index (χ2v) is 15.2. The molecule has 0 radical (unpaired) electrons. The van der Waals surface area contributed by atoms with Gasteiger partial charge in [0.1, 0.15) is 8.07 Å². The molecule has 0 bridgehead atoms. The first-order valence-corrected chi connectivity index (χ1v) is 12.2. The molecule has 23 heavy (non-hydrogen) atoms. The third-order valence-corrected chi connectivity index (χ3v) is 5.74. The Bertz CT molecular complexity index is 606. The average molecular weight is 332 g/mol. The molecule has 0 saturated carbocycles. The molecule has 2 aliphatic rings. The number of Topliss-reactive ketones (excluding diaryl/α,β-unsaturated/α-hetero) is 1. The Morgan fingerprint density at radius 1 is 1.26 bits per heavy atom. The maximum absolute atomic E-state index is 13.0. The Balaban J connectivity index is 2.47. The molecule has 0 N–H and O–H groups in total. The molecular formula is C20H33NOSi. The van der Waals surface area contributed by atoms with Crippen molar-refractivity contribution in [3.05, 3.63) is 11.8 Å². The number of carbonyl (C=O) groups excluding carboxylic acids is 1. The lowest BCUT2D eigenvalue weighted by atomic mass is 9.78. The molecule has 0 aliphatic carbocycles. The van der Waals surface area contributed by atoms with Gasteiger partial charge in [0.25, 0.3) is 0 Å². The second-order valence-electron chi connectivity index (χ2n) is 10.4. The molecule has 1 fully saturated rings. The fourth-order valence-electron chi connectivity index (χ4n) is 3.87. The Morgan fingerprint density at radius 2 is 1.83 bits per heavy atom. The van der Waals surface area contributed by atoms with Crippen molar-refractivity contribution in [3.8, 4) is 11.5 Å². The van der Waals surface area contributed by atoms with E-state index in [9.17, 15) is 4.79 Å². The Kier molecular flexibility index (Phi) is 4.18. The first-order chi connectivity index (χ1) is 10.2. The van der Waals surface area contributed by atoms with Gasteiger partial charge in [-0.25, -0.2) is 0 Å². The van der Waals surface area contributed by atoms with E-state index in [1.54, 1.807) is 0 Å². The molecule has 3 heteroatoms. The highest BCUT2D eigenvalue weighted by atomic mass is 28.3. The van der Waals surface area contributed by atoms with E-state index in [2.05, 4.69) is 62.9 Å². The monoisotopic (exact) mass is 331 g/mol. The number of hydrogen-bond donors (Lipinski definition) is 0. The summed E-state index contributed by atoms with van der Waals surface area (Å²) in [4.78, 5) is 15.3. The number of allylic oxidation sites excluding steroid dienone is 1. The number of fused-ring (bicyclic) bond motifs is 1. The predicted molar refractivity (Wildman–Crippen MR) is 101 cm³/mol. The molecule has 2 aliphatic heterocycles. The van der Waals surface area contributed by atoms with E-state index in [1.807, 2.05) is 20.8 Å². The van der Waals surface area contributed by atoms with Gasteiger partial charge in [-0.15, -0.1) is 11.5 Å². The number of hydrogen-bond acceptors (Lipinski definition) is 2. The molecule has 0 aromatic carbocycles. The van der Waals surface area contributed by atoms with Gasteiger partial charge in [0.05, 0.1) is 17.2 Å². The maximum atomic E-state index is 13.0. The van der Waals surface area contributed by atoms with E-state index in [4.69, 9.17) is 0 Å². The van der Waals surface area contributed by atoms with Crippen molar-refractivity contribution < 1.29 is 4.79 Å². The van der Waals surface area contributed by atoms with Crippen LogP contribution in [0.2, 0.25) is 19.6 Å². The van der Waals surface area contributed by atoms with Gasteiger partial charge in [-0.1, -0.05) is 54.3 Å². The van der Waals surface area contributed by atoms with Crippen molar-refractivity contribution in [1.29, 1.82) is 0 Å². The van der Waals surface area contributed by atoms with E-state index in [0.717, 1.165) is 18.7 Å². The number of carbonyl (C=O) groups is 1. The zero-order chi connectivity index (χ0) is 17.8. The molecule has 2 heterocycles. The summed E-state index contributed by atoms with van der Waals surface area (Å²) in [5.74, 6) is 3.96. The van der Waals surface area contributed by atoms with E-state index in [-0.39, 0.29) is 28.1 Å². The van der Waals surface area contributed by atoms with Gasteiger partial charge >= 0.3 is 0 Å². The maximum Gasteiger partial charge on any atom is 0.183 e. The minimum Gasteiger partial charge on any atom is -0.361 e. The minimum atomic E-state index is -1.42. The Labute approximate surface area is 143 Å². The van der Waals surface area contributed by atoms with Crippen molar-refractivity contribution in [1.82, 2.24) is 4.90 Å². The third kappa shape index (κ3) is 3.58. The SMILES string of the molecule is CC1(C)CN2C(C(=O)C(C)(C)C)=CC(C#C[Si](C)(C)C)C2(C)C1. The van der Waals surface area contributed by atoms with Gasteiger partial charge in [-0.3, -0.25) is 4.79 Å². The first kappa shape index (κ1) is 18.3. The van der Waals surface area contributed by atoms with Crippen LogP contribution in [0.4, 0.5) is 0 Å². The summed E-state index contributed by atoms with van der Waals surface area (Å²) in [7, 11) is -1.42. The lowest BCUT2D eigenvalue weighted by molar-refractivity contribution is -0.124. The van der Waals surface area contributed by atoms with Crippen LogP contribution in [0.15, 0.2) is 11.8 Å². The van der Waals surface area contributed by atoms with Crippen molar-refractivity contribution in [2.45, 2.75) is 73.1 Å². The molecule has 128 valence electrons. The fraction of sp³-hybridized carbons (Fsp3) is 0.750. The van der Waals surface area contributed by atoms with Gasteiger partial charge in [0.15, 0.2) is 5.78 Å². The van der Waals surface area contributed by atoms with Crippen LogP contribution in [0, 0.1) is 28.2 Å². The van der Waals surface area contributed by atoms with Crippen LogP contribution in [0.5, 0.6) is 0 Å². The van der Waals surface area contributed by atoms with Crippen molar-refractivity contribution in [3.63, 3.8) is 0 Å². The van der Waals surface area contributed by atoms with Crippen LogP contribution in [0.3, 0.4) is 0 Å². The molecule has 0 amide bonds. The quantitative estimate of drug-likeness (QED) is 0.521. The van der Waals surface area contributed by atoms with Crippen molar-refractivity contribution >= 4 is 13.9 Å². The highest BCUT2D eigenvalue weighted by molar-refractivity contribution is 6.83. The summed E-state index contributed by atoms with van der Waals surface area (Å²) in [6.07, 6.45) is 3.25. The number of rotatable bonds is 1. The van der Waals surface area contributed by atoms with Crippen LogP contribution >= 0.6 is 0 Å². The lowest BCUT2D eigenvalue weighted by Crippen LogP contribution is -2.43. The zero-order valence-corrected chi connectivity index (χ0v) is 17.4. The van der Waals surface area contributed by atoms with E-state index < -0.39 is 8.07 Å². The van der Waals surface area contributed by atoms with Crippen LogP contribution in [-0.2, 0) is 4.79 Å². The molecule has 0 aromatic heterocycles. The molecule has 0 aromatic rings. The van der Waals surface area contributed by atoms with E-state index in [0.29, 0.717) is 0 Å². The zero-order valence-electron chi connectivity index (χ0n) is 16.4. The molecule has 2 unspecified atom stereocenters. The predicted octanol–water partition coefficient (Wildman–Crippen LogP) is 4.49. The van der Waals surface area contributed by atoms with E-state index >= 15 is 0 Å². The molecule has 0 spiro atoms. The summed E-state index contributed by atoms with van der Waals surface area (Å²) in [5.41, 5.74) is 4.28. The van der Waals surface area contributed by atoms with Crippen LogP contribution < -0.4 is 0 Å². The largest absolute Gasteiger partial charge is 0.361 e. The van der Waals surface area contributed by atoms with Crippen LogP contribution in [-0.4, -0.2) is 30.8 Å². The molecular weight excluding hydrogens is 298 g/mol. The van der Waals surface area contributed by atoms with Crippen molar-refractivity contribution in [2.75, 3.05) is 6.54 Å². The Morgan fingerprint density at radius 3 is 2.30 bits per heavy atom. The normalized spacial score (nSPS) is 29.7. The number of nitrogens with zero attached hydrogens (tertiary/aromatic N) is 1. The van der Waals surface area contributed by atoms with Gasteiger partial charge in [0.2, 0.25) is 0 Å². The average Bonchev–Trinajstić information content (AvgIpc) is 2.70. The summed E-state index contributed by atoms with van der Waals surface area (Å²) in [6, 6.07) is 0. The first-order valence-electron chi connectivity index (χ1n) is 8.73. The smallest absolute Gasteiger partial charge is 0.183 e. The molecule has 2 nitrogen and oxygen atoms in total. The van der Waals surface area contributed by atoms with Gasteiger partial charge < -0.3 is 4.90 Å². The van der Waals surface area contributed by atoms with E-state index in [1.165, 1.54) is 0 Å². The van der Waals surface area contributed by atoms with Crippen molar-refractivity contribution in [2.24, 2.45) is 16.7 Å². The Hall–Kier alpha value is -1.01.